The van der Waals surface area contributed by atoms with Gasteiger partial charge < -0.3 is 4.74 Å². The summed E-state index contributed by atoms with van der Waals surface area (Å²) in [6.07, 6.45) is 0.794. The van der Waals surface area contributed by atoms with Crippen LogP contribution in [-0.2, 0) is 14.8 Å². The quantitative estimate of drug-likeness (QED) is 0.768. The number of halogens is 1. The summed E-state index contributed by atoms with van der Waals surface area (Å²) in [6, 6.07) is 5.24. The van der Waals surface area contributed by atoms with Crippen LogP contribution in [0.1, 0.15) is 12.0 Å². The number of rotatable bonds is 6. The topological polar surface area (TPSA) is 58.6 Å². The summed E-state index contributed by atoms with van der Waals surface area (Å²) in [5.74, 6) is 0. The van der Waals surface area contributed by atoms with Gasteiger partial charge in [0, 0.05) is 24.1 Å². The van der Waals surface area contributed by atoms with Crippen LogP contribution in [0.4, 0.5) is 0 Å². The van der Waals surface area contributed by atoms with Crippen molar-refractivity contribution in [2.24, 2.45) is 0 Å². The number of sulfonamides is 1. The minimum Gasteiger partial charge on any atom is -0.379 e. The minimum absolute atomic E-state index is 0.291. The molecule has 1 fully saturated rings. The van der Waals surface area contributed by atoms with E-state index in [0.717, 1.165) is 44.8 Å². The van der Waals surface area contributed by atoms with E-state index in [4.69, 9.17) is 4.74 Å². The molecule has 1 aliphatic rings. The van der Waals surface area contributed by atoms with Gasteiger partial charge in [-0.25, -0.2) is 13.1 Å². The van der Waals surface area contributed by atoms with Crippen LogP contribution in [0.5, 0.6) is 0 Å². The minimum atomic E-state index is -3.45. The lowest BCUT2D eigenvalue weighted by Crippen LogP contribution is -2.38. The molecule has 1 aliphatic heterocycles. The first-order valence-electron chi connectivity index (χ1n) is 7.05. The van der Waals surface area contributed by atoms with Gasteiger partial charge in [-0.05, 0) is 53.5 Å². The van der Waals surface area contributed by atoms with Crippen molar-refractivity contribution in [3.8, 4) is 0 Å². The molecule has 0 atom stereocenters. The van der Waals surface area contributed by atoms with Crippen LogP contribution in [0.25, 0.3) is 0 Å². The summed E-state index contributed by atoms with van der Waals surface area (Å²) in [5, 5.41) is 0. The molecular formula is C14H21BrN2O3S. The first-order chi connectivity index (χ1) is 9.99. The molecule has 1 aromatic carbocycles. The fourth-order valence-corrected chi connectivity index (χ4v) is 4.50. The summed E-state index contributed by atoms with van der Waals surface area (Å²) >= 11 is 3.31. The van der Waals surface area contributed by atoms with Crippen LogP contribution in [0.15, 0.2) is 27.6 Å². The number of nitrogens with zero attached hydrogens (tertiary/aromatic N) is 1. The Morgan fingerprint density at radius 2 is 2.05 bits per heavy atom. The van der Waals surface area contributed by atoms with Crippen LogP contribution >= 0.6 is 15.9 Å². The second-order valence-corrected chi connectivity index (χ2v) is 7.73. The SMILES string of the molecule is Cc1ccc(S(=O)(=O)NCCCN2CCOCC2)c(Br)c1. The lowest BCUT2D eigenvalue weighted by molar-refractivity contribution is 0.0376. The molecule has 2 rings (SSSR count). The Morgan fingerprint density at radius 1 is 1.33 bits per heavy atom. The number of nitrogens with one attached hydrogen (secondary N) is 1. The van der Waals surface area contributed by atoms with Gasteiger partial charge in [0.25, 0.3) is 0 Å². The van der Waals surface area contributed by atoms with Gasteiger partial charge in [-0.1, -0.05) is 6.07 Å². The highest BCUT2D eigenvalue weighted by Gasteiger charge is 2.17. The highest BCUT2D eigenvalue weighted by Crippen LogP contribution is 2.22. The van der Waals surface area contributed by atoms with Crippen molar-refractivity contribution in [2.45, 2.75) is 18.2 Å². The molecule has 0 amide bonds. The summed E-state index contributed by atoms with van der Waals surface area (Å²) in [5.41, 5.74) is 1.02. The molecule has 1 saturated heterocycles. The van der Waals surface area contributed by atoms with Gasteiger partial charge in [-0.2, -0.15) is 0 Å². The van der Waals surface area contributed by atoms with Crippen molar-refractivity contribution in [3.05, 3.63) is 28.2 Å². The van der Waals surface area contributed by atoms with Crippen LogP contribution in [0.2, 0.25) is 0 Å². The Balaban J connectivity index is 1.83. The number of ether oxygens (including phenoxy) is 1. The van der Waals surface area contributed by atoms with Crippen LogP contribution in [0, 0.1) is 6.92 Å². The molecule has 7 heteroatoms. The highest BCUT2D eigenvalue weighted by atomic mass is 79.9. The van der Waals surface area contributed by atoms with Gasteiger partial charge in [-0.3, -0.25) is 4.90 Å². The first kappa shape index (κ1) is 16.9. The van der Waals surface area contributed by atoms with Gasteiger partial charge in [-0.15, -0.1) is 0 Å². The van der Waals surface area contributed by atoms with E-state index >= 15 is 0 Å². The Kier molecular flexibility index (Phi) is 6.19. The van der Waals surface area contributed by atoms with Crippen molar-refractivity contribution in [3.63, 3.8) is 0 Å². The summed E-state index contributed by atoms with van der Waals surface area (Å²) in [4.78, 5) is 2.58. The van der Waals surface area contributed by atoms with E-state index in [1.807, 2.05) is 13.0 Å². The monoisotopic (exact) mass is 376 g/mol. The Bertz CT molecular complexity index is 572. The Hall–Kier alpha value is -0.470. The maximum absolute atomic E-state index is 12.2. The first-order valence-corrected chi connectivity index (χ1v) is 9.32. The molecule has 0 radical (unpaired) electrons. The Labute approximate surface area is 134 Å². The molecule has 0 aliphatic carbocycles. The smallest absolute Gasteiger partial charge is 0.241 e. The molecule has 1 aromatic rings. The molecule has 5 nitrogen and oxygen atoms in total. The predicted octanol–water partition coefficient (Wildman–Crippen LogP) is 1.76. The molecule has 0 unspecified atom stereocenters. The van der Waals surface area contributed by atoms with Gasteiger partial charge in [0.05, 0.1) is 18.1 Å². The highest BCUT2D eigenvalue weighted by molar-refractivity contribution is 9.10. The zero-order valence-corrected chi connectivity index (χ0v) is 14.5. The van der Waals surface area contributed by atoms with Crippen LogP contribution in [0.3, 0.4) is 0 Å². The average molecular weight is 377 g/mol. The standard InChI is InChI=1S/C14H21BrN2O3S/c1-12-3-4-14(13(15)11-12)21(18,19)16-5-2-6-17-7-9-20-10-8-17/h3-4,11,16H,2,5-10H2,1H3. The molecule has 21 heavy (non-hydrogen) atoms. The fourth-order valence-electron chi connectivity index (χ4n) is 2.24. The molecule has 0 saturated carbocycles. The maximum atomic E-state index is 12.2. The van der Waals surface area contributed by atoms with E-state index in [1.165, 1.54) is 0 Å². The lowest BCUT2D eigenvalue weighted by atomic mass is 10.2. The van der Waals surface area contributed by atoms with E-state index in [-0.39, 0.29) is 0 Å². The molecular weight excluding hydrogens is 356 g/mol. The summed E-state index contributed by atoms with van der Waals surface area (Å²) < 4.78 is 33.0. The van der Waals surface area contributed by atoms with E-state index in [9.17, 15) is 8.42 Å². The van der Waals surface area contributed by atoms with E-state index in [0.29, 0.717) is 15.9 Å². The number of morpholine rings is 1. The van der Waals surface area contributed by atoms with Gasteiger partial charge in [0.2, 0.25) is 10.0 Å². The number of hydrogen-bond acceptors (Lipinski definition) is 4. The predicted molar refractivity (Wildman–Crippen MR) is 85.9 cm³/mol. The normalized spacial score (nSPS) is 17.0. The number of hydrogen-bond donors (Lipinski definition) is 1. The zero-order valence-electron chi connectivity index (χ0n) is 12.1. The number of benzene rings is 1. The second-order valence-electron chi connectivity index (χ2n) is 5.14. The van der Waals surface area contributed by atoms with Crippen molar-refractivity contribution in [1.29, 1.82) is 0 Å². The molecule has 118 valence electrons. The molecule has 1 heterocycles. The lowest BCUT2D eigenvalue weighted by Gasteiger charge is -2.26. The van der Waals surface area contributed by atoms with Gasteiger partial charge in [0.15, 0.2) is 0 Å². The number of aryl methyl sites for hydroxylation is 1. The van der Waals surface area contributed by atoms with E-state index in [2.05, 4.69) is 25.6 Å². The van der Waals surface area contributed by atoms with E-state index < -0.39 is 10.0 Å². The van der Waals surface area contributed by atoms with Gasteiger partial charge in [0.1, 0.15) is 0 Å². The average Bonchev–Trinajstić information content (AvgIpc) is 2.44. The Morgan fingerprint density at radius 3 is 2.71 bits per heavy atom. The molecule has 0 aromatic heterocycles. The third kappa shape index (κ3) is 5.03. The summed E-state index contributed by atoms with van der Waals surface area (Å²) in [6.45, 7) is 6.65. The fraction of sp³-hybridized carbons (Fsp3) is 0.571. The maximum Gasteiger partial charge on any atom is 0.241 e. The van der Waals surface area contributed by atoms with E-state index in [1.54, 1.807) is 12.1 Å². The van der Waals surface area contributed by atoms with Crippen molar-refractivity contribution in [1.82, 2.24) is 9.62 Å². The van der Waals surface area contributed by atoms with Crippen LogP contribution in [-0.4, -0.2) is 52.7 Å². The molecule has 0 spiro atoms. The molecule has 1 N–H and O–H groups in total. The second kappa shape index (κ2) is 7.69. The van der Waals surface area contributed by atoms with Crippen LogP contribution < -0.4 is 4.72 Å². The molecule has 0 bridgehead atoms. The summed E-state index contributed by atoms with van der Waals surface area (Å²) in [7, 11) is -3.45. The van der Waals surface area contributed by atoms with Gasteiger partial charge >= 0.3 is 0 Å². The van der Waals surface area contributed by atoms with Crippen molar-refractivity contribution >= 4 is 26.0 Å². The zero-order chi connectivity index (χ0) is 15.3. The van der Waals surface area contributed by atoms with Crippen molar-refractivity contribution < 1.29 is 13.2 Å². The third-order valence-electron chi connectivity index (χ3n) is 3.42. The largest absolute Gasteiger partial charge is 0.379 e. The third-order valence-corrected chi connectivity index (χ3v) is 5.86. The van der Waals surface area contributed by atoms with Crippen molar-refractivity contribution in [2.75, 3.05) is 39.4 Å².